The Bertz CT molecular complexity index is 955. The van der Waals surface area contributed by atoms with Gasteiger partial charge in [0, 0.05) is 35.2 Å². The van der Waals surface area contributed by atoms with E-state index in [1.54, 1.807) is 23.1 Å². The van der Waals surface area contributed by atoms with Crippen LogP contribution in [0.5, 0.6) is 0 Å². The van der Waals surface area contributed by atoms with Crippen molar-refractivity contribution in [2.75, 3.05) is 19.6 Å². The summed E-state index contributed by atoms with van der Waals surface area (Å²) in [6.07, 6.45) is 5.27. The molecule has 1 atom stereocenters. The second-order valence-electron chi connectivity index (χ2n) is 8.64. The summed E-state index contributed by atoms with van der Waals surface area (Å²) in [5.41, 5.74) is 2.79. The summed E-state index contributed by atoms with van der Waals surface area (Å²) in [5.74, 6) is -0.325. The van der Waals surface area contributed by atoms with E-state index in [0.717, 1.165) is 31.6 Å². The van der Waals surface area contributed by atoms with E-state index in [1.165, 1.54) is 24.8 Å². The molecule has 4 rings (SSSR count). The fourth-order valence-electron chi connectivity index (χ4n) is 4.67. The molecule has 2 amide bonds. The number of piperidine rings is 1. The monoisotopic (exact) mass is 473 g/mol. The predicted octanol–water partition coefficient (Wildman–Crippen LogP) is 4.90. The van der Waals surface area contributed by atoms with Crippen LogP contribution in [-0.4, -0.2) is 47.3 Å². The van der Waals surface area contributed by atoms with Crippen LogP contribution in [0.25, 0.3) is 0 Å². The second kappa shape index (κ2) is 10.7. The van der Waals surface area contributed by atoms with Gasteiger partial charge in [-0.25, -0.2) is 0 Å². The molecule has 170 valence electrons. The van der Waals surface area contributed by atoms with E-state index in [9.17, 15) is 9.59 Å². The first-order chi connectivity index (χ1) is 15.5. The number of benzene rings is 2. The molecule has 0 saturated carbocycles. The van der Waals surface area contributed by atoms with Crippen molar-refractivity contribution in [3.8, 4) is 0 Å². The van der Waals surface area contributed by atoms with Crippen molar-refractivity contribution in [1.82, 2.24) is 15.1 Å². The summed E-state index contributed by atoms with van der Waals surface area (Å²) in [6.45, 7) is 4.19. The Morgan fingerprint density at radius 1 is 0.906 bits per heavy atom. The molecule has 2 heterocycles. The van der Waals surface area contributed by atoms with Crippen LogP contribution >= 0.6 is 23.2 Å². The summed E-state index contributed by atoms with van der Waals surface area (Å²) in [7, 11) is 0. The summed E-state index contributed by atoms with van der Waals surface area (Å²) in [6, 6.07) is 12.6. The Labute approximate surface area is 199 Å². The molecule has 1 unspecified atom stereocenters. The SMILES string of the molecule is O=C(NCc1ccccc1CN1CCCCC1)C1CCCN1C(=O)c1cc(Cl)cc(Cl)c1. The molecule has 2 fully saturated rings. The van der Waals surface area contributed by atoms with E-state index in [4.69, 9.17) is 23.2 Å². The maximum atomic E-state index is 13.0. The van der Waals surface area contributed by atoms with Crippen LogP contribution in [-0.2, 0) is 17.9 Å². The van der Waals surface area contributed by atoms with Gasteiger partial charge in [0.1, 0.15) is 6.04 Å². The zero-order valence-corrected chi connectivity index (χ0v) is 19.7. The minimum absolute atomic E-state index is 0.114. The predicted molar refractivity (Wildman–Crippen MR) is 128 cm³/mol. The fraction of sp³-hybridized carbons (Fsp3) is 0.440. The third kappa shape index (κ3) is 5.64. The van der Waals surface area contributed by atoms with Crippen LogP contribution in [0.3, 0.4) is 0 Å². The van der Waals surface area contributed by atoms with Gasteiger partial charge in [0.25, 0.3) is 5.91 Å². The average Bonchev–Trinajstić information content (AvgIpc) is 3.28. The number of halogens is 2. The lowest BCUT2D eigenvalue weighted by Crippen LogP contribution is -2.45. The van der Waals surface area contributed by atoms with Gasteiger partial charge in [-0.3, -0.25) is 14.5 Å². The molecular weight excluding hydrogens is 445 g/mol. The highest BCUT2D eigenvalue weighted by Gasteiger charge is 2.34. The quantitative estimate of drug-likeness (QED) is 0.648. The molecular formula is C25H29Cl2N3O2. The Hall–Kier alpha value is -2.08. The lowest BCUT2D eigenvalue weighted by Gasteiger charge is -2.27. The number of hydrogen-bond acceptors (Lipinski definition) is 3. The first kappa shape index (κ1) is 23.1. The molecule has 0 aromatic heterocycles. The highest BCUT2D eigenvalue weighted by Crippen LogP contribution is 2.25. The maximum Gasteiger partial charge on any atom is 0.254 e. The third-order valence-corrected chi connectivity index (χ3v) is 6.78. The van der Waals surface area contributed by atoms with Gasteiger partial charge in [-0.15, -0.1) is 0 Å². The molecule has 0 aliphatic carbocycles. The fourth-order valence-corrected chi connectivity index (χ4v) is 5.19. The lowest BCUT2D eigenvalue weighted by atomic mass is 10.0. The van der Waals surface area contributed by atoms with Gasteiger partial charge < -0.3 is 10.2 Å². The summed E-state index contributed by atoms with van der Waals surface area (Å²) < 4.78 is 0. The Morgan fingerprint density at radius 2 is 1.59 bits per heavy atom. The van der Waals surface area contributed by atoms with Gasteiger partial charge in [-0.05, 0) is 68.1 Å². The smallest absolute Gasteiger partial charge is 0.254 e. The molecule has 2 saturated heterocycles. The van der Waals surface area contributed by atoms with Crippen molar-refractivity contribution in [3.05, 3.63) is 69.2 Å². The third-order valence-electron chi connectivity index (χ3n) is 6.34. The number of nitrogens with zero attached hydrogens (tertiary/aromatic N) is 2. The minimum atomic E-state index is -0.477. The molecule has 2 aromatic rings. The number of hydrogen-bond donors (Lipinski definition) is 1. The first-order valence-corrected chi connectivity index (χ1v) is 12.1. The zero-order valence-electron chi connectivity index (χ0n) is 18.2. The van der Waals surface area contributed by atoms with Gasteiger partial charge in [-0.2, -0.15) is 0 Å². The Balaban J connectivity index is 1.40. The number of amides is 2. The van der Waals surface area contributed by atoms with Crippen molar-refractivity contribution in [2.45, 2.75) is 51.2 Å². The maximum absolute atomic E-state index is 13.0. The van der Waals surface area contributed by atoms with Crippen molar-refractivity contribution in [3.63, 3.8) is 0 Å². The molecule has 2 aliphatic rings. The van der Waals surface area contributed by atoms with Crippen molar-refractivity contribution in [1.29, 1.82) is 0 Å². The van der Waals surface area contributed by atoms with Crippen LogP contribution in [0.2, 0.25) is 10.0 Å². The van der Waals surface area contributed by atoms with E-state index < -0.39 is 6.04 Å². The van der Waals surface area contributed by atoms with Crippen molar-refractivity contribution >= 4 is 35.0 Å². The van der Waals surface area contributed by atoms with Crippen LogP contribution in [0.15, 0.2) is 42.5 Å². The average molecular weight is 474 g/mol. The van der Waals surface area contributed by atoms with E-state index in [1.807, 2.05) is 6.07 Å². The number of nitrogens with one attached hydrogen (secondary N) is 1. The standard InChI is InChI=1S/C25H29Cl2N3O2/c26-21-13-20(14-22(27)15-21)25(32)30-12-6-9-23(30)24(31)28-16-18-7-2-3-8-19(18)17-29-10-4-1-5-11-29/h2-3,7-8,13-15,23H,1,4-6,9-12,16-17H2,(H,28,31). The van der Waals surface area contributed by atoms with E-state index in [2.05, 4.69) is 28.4 Å². The molecule has 2 aliphatic heterocycles. The lowest BCUT2D eigenvalue weighted by molar-refractivity contribution is -0.125. The van der Waals surface area contributed by atoms with Crippen LogP contribution in [0, 0.1) is 0 Å². The summed E-state index contributed by atoms with van der Waals surface area (Å²) in [5, 5.41) is 3.89. The highest BCUT2D eigenvalue weighted by atomic mass is 35.5. The summed E-state index contributed by atoms with van der Waals surface area (Å²) in [4.78, 5) is 30.2. The largest absolute Gasteiger partial charge is 0.350 e. The van der Waals surface area contributed by atoms with Gasteiger partial charge >= 0.3 is 0 Å². The van der Waals surface area contributed by atoms with Gasteiger partial charge in [0.15, 0.2) is 0 Å². The summed E-state index contributed by atoms with van der Waals surface area (Å²) >= 11 is 12.1. The zero-order chi connectivity index (χ0) is 22.5. The Morgan fingerprint density at radius 3 is 2.31 bits per heavy atom. The molecule has 0 spiro atoms. The topological polar surface area (TPSA) is 52.7 Å². The van der Waals surface area contributed by atoms with Crippen LogP contribution in [0.4, 0.5) is 0 Å². The molecule has 2 aromatic carbocycles. The normalized spacial score (nSPS) is 19.2. The number of carbonyl (C=O) groups excluding carboxylic acids is 2. The van der Waals surface area contributed by atoms with E-state index in [0.29, 0.717) is 35.1 Å². The molecule has 0 radical (unpaired) electrons. The van der Waals surface area contributed by atoms with Gasteiger partial charge in [0.05, 0.1) is 0 Å². The first-order valence-electron chi connectivity index (χ1n) is 11.3. The van der Waals surface area contributed by atoms with Gasteiger partial charge in [-0.1, -0.05) is 53.9 Å². The van der Waals surface area contributed by atoms with Crippen molar-refractivity contribution < 1.29 is 9.59 Å². The molecule has 5 nitrogen and oxygen atoms in total. The molecule has 0 bridgehead atoms. The number of carbonyl (C=O) groups is 2. The van der Waals surface area contributed by atoms with Crippen LogP contribution in [0.1, 0.15) is 53.6 Å². The van der Waals surface area contributed by atoms with Gasteiger partial charge in [0.2, 0.25) is 5.91 Å². The minimum Gasteiger partial charge on any atom is -0.350 e. The van der Waals surface area contributed by atoms with Crippen molar-refractivity contribution in [2.24, 2.45) is 0 Å². The Kier molecular flexibility index (Phi) is 7.71. The second-order valence-corrected chi connectivity index (χ2v) is 9.51. The van der Waals surface area contributed by atoms with E-state index in [-0.39, 0.29) is 11.8 Å². The molecule has 1 N–H and O–H groups in total. The highest BCUT2D eigenvalue weighted by molar-refractivity contribution is 6.35. The van der Waals surface area contributed by atoms with E-state index >= 15 is 0 Å². The van der Waals surface area contributed by atoms with Crippen LogP contribution < -0.4 is 5.32 Å². The number of likely N-dealkylation sites (tertiary alicyclic amines) is 2. The molecule has 7 heteroatoms. The molecule has 32 heavy (non-hydrogen) atoms. The number of rotatable bonds is 6.